The van der Waals surface area contributed by atoms with Gasteiger partial charge in [0.05, 0.1) is 23.8 Å². The summed E-state index contributed by atoms with van der Waals surface area (Å²) in [5, 5.41) is 18.0. The first-order chi connectivity index (χ1) is 16.5. The maximum absolute atomic E-state index is 13.1. The van der Waals surface area contributed by atoms with Gasteiger partial charge in [0, 0.05) is 22.3 Å². The van der Waals surface area contributed by atoms with Crippen LogP contribution in [0.1, 0.15) is 67.5 Å². The van der Waals surface area contributed by atoms with E-state index in [1.165, 1.54) is 5.01 Å². The van der Waals surface area contributed by atoms with Gasteiger partial charge in [-0.3, -0.25) is 4.98 Å². The van der Waals surface area contributed by atoms with E-state index in [4.69, 9.17) is 25.9 Å². The molecule has 0 aliphatic carbocycles. The van der Waals surface area contributed by atoms with E-state index in [0.717, 1.165) is 36.0 Å². The predicted molar refractivity (Wildman–Crippen MR) is 124 cm³/mol. The van der Waals surface area contributed by atoms with Crippen LogP contribution in [0.15, 0.2) is 35.7 Å². The highest BCUT2D eigenvalue weighted by Crippen LogP contribution is 2.41. The van der Waals surface area contributed by atoms with Gasteiger partial charge in [-0.25, -0.2) is 4.79 Å². The largest absolute Gasteiger partial charge is 0.569 e. The Bertz CT molecular complexity index is 1050. The molecule has 1 saturated heterocycles. The molecule has 2 aliphatic rings. The smallest absolute Gasteiger partial charge is 0.340 e. The summed E-state index contributed by atoms with van der Waals surface area (Å²) in [6, 6.07) is 6.68. The lowest BCUT2D eigenvalue weighted by molar-refractivity contribution is -0.712. The first-order valence-corrected chi connectivity index (χ1v) is 12.0. The molecule has 0 amide bonds. The van der Waals surface area contributed by atoms with E-state index in [-0.39, 0.29) is 12.7 Å². The second kappa shape index (κ2) is 11.0. The van der Waals surface area contributed by atoms with Gasteiger partial charge < -0.3 is 19.5 Å². The lowest BCUT2D eigenvalue weighted by atomic mass is 10.0. The molecule has 3 heterocycles. The van der Waals surface area contributed by atoms with Crippen molar-refractivity contribution in [2.45, 2.75) is 64.7 Å². The monoisotopic (exact) mass is 488 g/mol. The van der Waals surface area contributed by atoms with Crippen LogP contribution in [-0.4, -0.2) is 40.1 Å². The van der Waals surface area contributed by atoms with Crippen LogP contribution in [0.2, 0.25) is 5.02 Å². The van der Waals surface area contributed by atoms with Gasteiger partial charge in [0.1, 0.15) is 12.7 Å². The number of halogens is 1. The van der Waals surface area contributed by atoms with Crippen LogP contribution in [0.5, 0.6) is 5.75 Å². The van der Waals surface area contributed by atoms with E-state index in [0.29, 0.717) is 47.4 Å². The Morgan fingerprint density at radius 3 is 2.91 bits per heavy atom. The molecule has 0 unspecified atom stereocenters. The third kappa shape index (κ3) is 5.26. The minimum absolute atomic E-state index is 0.289. The summed E-state index contributed by atoms with van der Waals surface area (Å²) in [4.78, 5) is 23.0. The molecule has 1 aromatic heterocycles. The summed E-state index contributed by atoms with van der Waals surface area (Å²) < 4.78 is 11.8. The Hall–Kier alpha value is -2.91. The Balaban J connectivity index is 1.48. The fourth-order valence-electron chi connectivity index (χ4n) is 4.25. The first-order valence-electron chi connectivity index (χ1n) is 11.6. The molecule has 1 fully saturated rings. The second-order valence-electron chi connectivity index (χ2n) is 8.47. The van der Waals surface area contributed by atoms with Gasteiger partial charge in [0.2, 0.25) is 5.28 Å². The van der Waals surface area contributed by atoms with Crippen LogP contribution >= 0.6 is 11.6 Å². The summed E-state index contributed by atoms with van der Waals surface area (Å²) in [6.07, 6.45) is 5.48. The van der Waals surface area contributed by atoms with Gasteiger partial charge >= 0.3 is 5.97 Å². The SMILES string of the molecule is CCCCCO/N=[N+](/[O-])N1CCC[C@H]1C(=O)Oc1c(C)ncc2c1CO[C@H]2c1ccc(Cl)cc1. The molecule has 0 radical (unpaired) electrons. The molecule has 9 nitrogen and oxygen atoms in total. The molecule has 34 heavy (non-hydrogen) atoms. The quantitative estimate of drug-likeness (QED) is 0.160. The maximum Gasteiger partial charge on any atom is 0.340 e. The average Bonchev–Trinajstić information content (AvgIpc) is 3.49. The number of rotatable bonds is 9. The zero-order valence-electron chi connectivity index (χ0n) is 19.4. The van der Waals surface area contributed by atoms with Gasteiger partial charge in [0.25, 0.3) is 0 Å². The Labute approximate surface area is 203 Å². The number of carbonyl (C=O) groups excluding carboxylic acids is 1. The van der Waals surface area contributed by atoms with Gasteiger partial charge in [-0.2, -0.15) is 0 Å². The molecular formula is C24H29ClN4O5. The zero-order chi connectivity index (χ0) is 24.1. The van der Waals surface area contributed by atoms with Gasteiger partial charge in [0.15, 0.2) is 11.8 Å². The molecule has 182 valence electrons. The fourth-order valence-corrected chi connectivity index (χ4v) is 4.38. The van der Waals surface area contributed by atoms with Gasteiger partial charge in [-0.15, -0.1) is 5.01 Å². The lowest BCUT2D eigenvalue weighted by Gasteiger charge is -2.20. The minimum atomic E-state index is -0.745. The number of aromatic nitrogens is 1. The Morgan fingerprint density at radius 1 is 1.35 bits per heavy atom. The average molecular weight is 489 g/mol. The zero-order valence-corrected chi connectivity index (χ0v) is 20.2. The van der Waals surface area contributed by atoms with Crippen molar-refractivity contribution in [3.05, 3.63) is 63.1 Å². The number of hydrogen-bond donors (Lipinski definition) is 0. The van der Waals surface area contributed by atoms with E-state index in [1.54, 1.807) is 13.1 Å². The number of benzene rings is 1. The molecule has 2 atom stereocenters. The summed E-state index contributed by atoms with van der Waals surface area (Å²) in [7, 11) is 0. The molecule has 0 spiro atoms. The van der Waals surface area contributed by atoms with Crippen molar-refractivity contribution in [2.24, 2.45) is 5.28 Å². The van der Waals surface area contributed by atoms with Gasteiger partial charge in [-0.1, -0.05) is 43.5 Å². The third-order valence-corrected chi connectivity index (χ3v) is 6.34. The number of esters is 1. The van der Waals surface area contributed by atoms with Crippen LogP contribution in [-0.2, 0) is 21.0 Å². The number of hydrogen-bond acceptors (Lipinski definition) is 7. The number of carbonyl (C=O) groups is 1. The Morgan fingerprint density at radius 2 is 2.15 bits per heavy atom. The predicted octanol–water partition coefficient (Wildman–Crippen LogP) is 5.03. The van der Waals surface area contributed by atoms with Crippen LogP contribution in [0, 0.1) is 12.1 Å². The number of aryl methyl sites for hydroxylation is 1. The van der Waals surface area contributed by atoms with Crippen LogP contribution in [0.3, 0.4) is 0 Å². The third-order valence-electron chi connectivity index (χ3n) is 6.08. The van der Waals surface area contributed by atoms with Crippen molar-refractivity contribution in [1.82, 2.24) is 9.99 Å². The normalized spacial score (nSPS) is 19.9. The van der Waals surface area contributed by atoms with E-state index < -0.39 is 12.0 Å². The van der Waals surface area contributed by atoms with Crippen molar-refractivity contribution in [1.29, 1.82) is 0 Å². The molecule has 2 aliphatic heterocycles. The number of unbranched alkanes of at least 4 members (excludes halogenated alkanes) is 2. The summed E-state index contributed by atoms with van der Waals surface area (Å²) >= 11 is 6.01. The number of pyridine rings is 1. The molecule has 1 aromatic carbocycles. The van der Waals surface area contributed by atoms with Crippen LogP contribution in [0.4, 0.5) is 0 Å². The van der Waals surface area contributed by atoms with E-state index >= 15 is 0 Å². The molecule has 2 aromatic rings. The van der Waals surface area contributed by atoms with Crippen molar-refractivity contribution in [2.75, 3.05) is 13.2 Å². The first kappa shape index (κ1) is 24.2. The summed E-state index contributed by atoms with van der Waals surface area (Å²) in [5.41, 5.74) is 3.16. The van der Waals surface area contributed by atoms with Crippen molar-refractivity contribution in [3.8, 4) is 5.75 Å². The molecule has 10 heteroatoms. The van der Waals surface area contributed by atoms with Crippen molar-refractivity contribution in [3.63, 3.8) is 0 Å². The standard InChI is InChI=1S/C24H29ClN4O5/c1-3-4-5-13-33-27-29(31)28-12-6-7-21(28)24(30)34-22-16(2)26-14-19-20(22)15-32-23(19)17-8-10-18(25)11-9-17/h8-11,14,21,23H,3-7,12-13,15H2,1-2H3/b29-27+/t21-,23-/m0/s1. The van der Waals surface area contributed by atoms with Gasteiger partial charge in [-0.05, 0) is 43.9 Å². The molecule has 0 N–H and O–H groups in total. The van der Waals surface area contributed by atoms with Crippen molar-refractivity contribution < 1.29 is 24.1 Å². The maximum atomic E-state index is 13.1. The number of hydrazine groups is 1. The highest BCUT2D eigenvalue weighted by Gasteiger charge is 2.40. The molecule has 0 bridgehead atoms. The summed E-state index contributed by atoms with van der Waals surface area (Å²) in [5.74, 6) is -0.135. The molecule has 0 saturated carbocycles. The Kier molecular flexibility index (Phi) is 7.84. The lowest BCUT2D eigenvalue weighted by Crippen LogP contribution is -2.42. The second-order valence-corrected chi connectivity index (χ2v) is 8.90. The minimum Gasteiger partial charge on any atom is -0.569 e. The van der Waals surface area contributed by atoms with E-state index in [2.05, 4.69) is 17.2 Å². The van der Waals surface area contributed by atoms with Crippen molar-refractivity contribution >= 4 is 17.6 Å². The van der Waals surface area contributed by atoms with E-state index in [1.807, 2.05) is 24.3 Å². The number of fused-ring (bicyclic) bond motifs is 1. The molecule has 4 rings (SSSR count). The summed E-state index contributed by atoms with van der Waals surface area (Å²) in [6.45, 7) is 4.92. The van der Waals surface area contributed by atoms with Crippen LogP contribution < -0.4 is 4.74 Å². The van der Waals surface area contributed by atoms with E-state index in [9.17, 15) is 10.0 Å². The fraction of sp³-hybridized carbons (Fsp3) is 0.500. The number of nitrogens with zero attached hydrogens (tertiary/aromatic N) is 4. The topological polar surface area (TPSA) is 99.3 Å². The number of ether oxygens (including phenoxy) is 2. The van der Waals surface area contributed by atoms with Crippen LogP contribution in [0.25, 0.3) is 0 Å². The molecular weight excluding hydrogens is 460 g/mol. The highest BCUT2D eigenvalue weighted by molar-refractivity contribution is 6.30. The highest BCUT2D eigenvalue weighted by atomic mass is 35.5.